The Kier molecular flexibility index (Phi) is 5.71. The number of carbonyl (C=O) groups is 1. The van der Waals surface area contributed by atoms with E-state index in [9.17, 15) is 4.79 Å². The van der Waals surface area contributed by atoms with Crippen LogP contribution >= 0.6 is 0 Å². The molecule has 1 aromatic rings. The van der Waals surface area contributed by atoms with Crippen molar-refractivity contribution in [3.05, 3.63) is 11.6 Å². The molecule has 0 saturated carbocycles. The number of amides is 1. The van der Waals surface area contributed by atoms with Gasteiger partial charge in [-0.05, 0) is 45.7 Å². The monoisotopic (exact) mass is 335 g/mol. The molecule has 7 heteroatoms. The SMILES string of the molecule is CCOC(=O)N1CCC[C@H](c2nnc(CN3CCCCC3)n2C)C1. The molecule has 2 saturated heterocycles. The van der Waals surface area contributed by atoms with E-state index in [-0.39, 0.29) is 12.0 Å². The second-order valence-corrected chi connectivity index (χ2v) is 6.85. The van der Waals surface area contributed by atoms with Gasteiger partial charge in [-0.25, -0.2) is 4.79 Å². The summed E-state index contributed by atoms with van der Waals surface area (Å²) in [5.41, 5.74) is 0. The van der Waals surface area contributed by atoms with Gasteiger partial charge < -0.3 is 14.2 Å². The van der Waals surface area contributed by atoms with Crippen LogP contribution in [-0.2, 0) is 18.3 Å². The average Bonchev–Trinajstić information content (AvgIpc) is 2.97. The van der Waals surface area contributed by atoms with Gasteiger partial charge in [-0.1, -0.05) is 6.42 Å². The zero-order valence-electron chi connectivity index (χ0n) is 14.9. The number of hydrogen-bond donors (Lipinski definition) is 0. The molecule has 0 N–H and O–H groups in total. The van der Waals surface area contributed by atoms with Crippen LogP contribution in [0.25, 0.3) is 0 Å². The van der Waals surface area contributed by atoms with E-state index in [0.717, 1.165) is 50.7 Å². The molecule has 1 amide bonds. The van der Waals surface area contributed by atoms with Crippen molar-refractivity contribution in [3.63, 3.8) is 0 Å². The van der Waals surface area contributed by atoms with Crippen LogP contribution in [0.1, 0.15) is 56.6 Å². The molecule has 3 rings (SSSR count). The lowest BCUT2D eigenvalue weighted by atomic mass is 9.97. The van der Waals surface area contributed by atoms with E-state index in [1.807, 2.05) is 6.92 Å². The smallest absolute Gasteiger partial charge is 0.409 e. The summed E-state index contributed by atoms with van der Waals surface area (Å²) in [6.07, 6.45) is 5.72. The summed E-state index contributed by atoms with van der Waals surface area (Å²) in [7, 11) is 2.05. The van der Waals surface area contributed by atoms with E-state index < -0.39 is 0 Å². The third kappa shape index (κ3) is 3.88. The van der Waals surface area contributed by atoms with Gasteiger partial charge in [0.25, 0.3) is 0 Å². The fraction of sp³-hybridized carbons (Fsp3) is 0.824. The van der Waals surface area contributed by atoms with Crippen LogP contribution < -0.4 is 0 Å². The number of likely N-dealkylation sites (tertiary alicyclic amines) is 2. The van der Waals surface area contributed by atoms with Gasteiger partial charge in [-0.3, -0.25) is 4.90 Å². The van der Waals surface area contributed by atoms with Gasteiger partial charge in [0.15, 0.2) is 0 Å². The number of rotatable bonds is 4. The van der Waals surface area contributed by atoms with E-state index in [0.29, 0.717) is 13.2 Å². The molecule has 1 atom stereocenters. The Morgan fingerprint density at radius 3 is 2.71 bits per heavy atom. The zero-order chi connectivity index (χ0) is 16.9. The maximum Gasteiger partial charge on any atom is 0.409 e. The number of ether oxygens (including phenoxy) is 1. The second-order valence-electron chi connectivity index (χ2n) is 6.85. The van der Waals surface area contributed by atoms with Gasteiger partial charge in [0.05, 0.1) is 13.2 Å². The minimum atomic E-state index is -0.210. The van der Waals surface area contributed by atoms with E-state index in [2.05, 4.69) is 26.7 Å². The fourth-order valence-corrected chi connectivity index (χ4v) is 3.75. The maximum atomic E-state index is 12.0. The normalized spacial score (nSPS) is 22.6. The summed E-state index contributed by atoms with van der Waals surface area (Å²) >= 11 is 0. The lowest BCUT2D eigenvalue weighted by molar-refractivity contribution is 0.0949. The molecular weight excluding hydrogens is 306 g/mol. The number of aromatic nitrogens is 3. The first-order valence-corrected chi connectivity index (χ1v) is 9.21. The quantitative estimate of drug-likeness (QED) is 0.843. The predicted molar refractivity (Wildman–Crippen MR) is 90.7 cm³/mol. The number of nitrogens with zero attached hydrogens (tertiary/aromatic N) is 5. The van der Waals surface area contributed by atoms with Crippen molar-refractivity contribution in [2.45, 2.75) is 51.5 Å². The van der Waals surface area contributed by atoms with Crippen molar-refractivity contribution in [2.24, 2.45) is 7.05 Å². The summed E-state index contributed by atoms with van der Waals surface area (Å²) in [4.78, 5) is 16.2. The van der Waals surface area contributed by atoms with Gasteiger partial charge in [0.2, 0.25) is 0 Å². The Labute approximate surface area is 144 Å². The molecular formula is C17H29N5O2. The highest BCUT2D eigenvalue weighted by atomic mass is 16.6. The van der Waals surface area contributed by atoms with Gasteiger partial charge >= 0.3 is 6.09 Å². The molecule has 0 bridgehead atoms. The minimum Gasteiger partial charge on any atom is -0.450 e. The topological polar surface area (TPSA) is 63.5 Å². The standard InChI is InChI=1S/C17H29N5O2/c1-3-24-17(23)22-11-7-8-14(12-22)16-19-18-15(20(16)2)13-21-9-5-4-6-10-21/h14H,3-13H2,1-2H3/t14-/m0/s1. The van der Waals surface area contributed by atoms with Crippen LogP contribution in [-0.4, -0.2) is 63.4 Å². The molecule has 0 spiro atoms. The molecule has 0 aromatic carbocycles. The predicted octanol–water partition coefficient (Wildman–Crippen LogP) is 2.14. The summed E-state index contributed by atoms with van der Waals surface area (Å²) in [5, 5.41) is 8.88. The highest BCUT2D eigenvalue weighted by Gasteiger charge is 2.29. The minimum absolute atomic E-state index is 0.210. The van der Waals surface area contributed by atoms with Crippen LogP contribution in [0.15, 0.2) is 0 Å². The summed E-state index contributed by atoms with van der Waals surface area (Å²) in [6.45, 7) is 6.89. The number of hydrogen-bond acceptors (Lipinski definition) is 5. The second kappa shape index (κ2) is 7.96. The summed E-state index contributed by atoms with van der Waals surface area (Å²) in [5.74, 6) is 2.27. The van der Waals surface area contributed by atoms with E-state index in [4.69, 9.17) is 4.74 Å². The molecule has 1 aromatic heterocycles. The Bertz CT molecular complexity index is 553. The van der Waals surface area contributed by atoms with Crippen molar-refractivity contribution in [3.8, 4) is 0 Å². The van der Waals surface area contributed by atoms with Gasteiger partial charge in [-0.2, -0.15) is 0 Å². The van der Waals surface area contributed by atoms with Crippen molar-refractivity contribution in [1.82, 2.24) is 24.6 Å². The van der Waals surface area contributed by atoms with E-state index in [1.165, 1.54) is 19.3 Å². The Hall–Kier alpha value is -1.63. The molecule has 134 valence electrons. The van der Waals surface area contributed by atoms with Crippen molar-refractivity contribution in [1.29, 1.82) is 0 Å². The third-order valence-electron chi connectivity index (χ3n) is 5.12. The van der Waals surface area contributed by atoms with E-state index >= 15 is 0 Å². The molecule has 0 unspecified atom stereocenters. The molecule has 24 heavy (non-hydrogen) atoms. The van der Waals surface area contributed by atoms with Crippen molar-refractivity contribution >= 4 is 6.09 Å². The van der Waals surface area contributed by atoms with Crippen LogP contribution in [0.3, 0.4) is 0 Å². The van der Waals surface area contributed by atoms with E-state index in [1.54, 1.807) is 4.90 Å². The average molecular weight is 335 g/mol. The Morgan fingerprint density at radius 2 is 1.96 bits per heavy atom. The van der Waals surface area contributed by atoms with Gasteiger partial charge in [-0.15, -0.1) is 10.2 Å². The highest BCUT2D eigenvalue weighted by molar-refractivity contribution is 5.67. The van der Waals surface area contributed by atoms with Crippen LogP contribution in [0.2, 0.25) is 0 Å². The molecule has 0 aliphatic carbocycles. The third-order valence-corrected chi connectivity index (χ3v) is 5.12. The van der Waals surface area contributed by atoms with Crippen LogP contribution in [0, 0.1) is 0 Å². The van der Waals surface area contributed by atoms with Gasteiger partial charge in [0.1, 0.15) is 11.6 Å². The number of carbonyl (C=O) groups excluding carboxylic acids is 1. The molecule has 0 radical (unpaired) electrons. The van der Waals surface area contributed by atoms with Crippen LogP contribution in [0.4, 0.5) is 4.79 Å². The maximum absolute atomic E-state index is 12.0. The van der Waals surface area contributed by atoms with Gasteiger partial charge in [0, 0.05) is 26.1 Å². The van der Waals surface area contributed by atoms with Crippen LogP contribution in [0.5, 0.6) is 0 Å². The summed E-state index contributed by atoms with van der Waals surface area (Å²) < 4.78 is 7.27. The molecule has 7 nitrogen and oxygen atoms in total. The van der Waals surface area contributed by atoms with Crippen molar-refractivity contribution in [2.75, 3.05) is 32.8 Å². The first-order chi connectivity index (χ1) is 11.7. The lowest BCUT2D eigenvalue weighted by Crippen LogP contribution is -2.40. The lowest BCUT2D eigenvalue weighted by Gasteiger charge is -2.31. The molecule has 2 aliphatic rings. The molecule has 3 heterocycles. The summed E-state index contributed by atoms with van der Waals surface area (Å²) in [6, 6.07) is 0. The highest BCUT2D eigenvalue weighted by Crippen LogP contribution is 2.26. The first kappa shape index (κ1) is 17.2. The van der Waals surface area contributed by atoms with Crippen molar-refractivity contribution < 1.29 is 9.53 Å². The Balaban J connectivity index is 1.64. The zero-order valence-corrected chi connectivity index (χ0v) is 14.9. The largest absolute Gasteiger partial charge is 0.450 e. The molecule has 2 aliphatic heterocycles. The number of piperidine rings is 2. The first-order valence-electron chi connectivity index (χ1n) is 9.21. The fourth-order valence-electron chi connectivity index (χ4n) is 3.75. The molecule has 2 fully saturated rings. The Morgan fingerprint density at radius 1 is 1.17 bits per heavy atom.